The first kappa shape index (κ1) is 13.0. The molecule has 1 rings (SSSR count). The fraction of sp³-hybridized carbons (Fsp3) is 0.333. The Morgan fingerprint density at radius 1 is 1.29 bits per heavy atom. The van der Waals surface area contributed by atoms with Crippen LogP contribution < -0.4 is 0 Å². The molecule has 0 unspecified atom stereocenters. The van der Waals surface area contributed by atoms with Gasteiger partial charge in [-0.15, -0.1) is 0 Å². The fourth-order valence-electron chi connectivity index (χ4n) is 1.14. The number of phenolic OH excluding ortho intramolecular Hbond substituents is 1. The molecule has 0 aliphatic carbocycles. The van der Waals surface area contributed by atoms with E-state index in [0.29, 0.717) is 5.56 Å². The summed E-state index contributed by atoms with van der Waals surface area (Å²) in [4.78, 5) is 23.9. The van der Waals surface area contributed by atoms with E-state index in [2.05, 4.69) is 0 Å². The Morgan fingerprint density at radius 2 is 1.94 bits per heavy atom. The van der Waals surface area contributed by atoms with Crippen LogP contribution in [0.4, 0.5) is 0 Å². The summed E-state index contributed by atoms with van der Waals surface area (Å²) in [6.07, 6.45) is -0.0482. The second kappa shape index (κ2) is 5.89. The number of rotatable bonds is 4. The third kappa shape index (κ3) is 4.14. The van der Waals surface area contributed by atoms with Gasteiger partial charge in [0.2, 0.25) is 0 Å². The van der Waals surface area contributed by atoms with Crippen LogP contribution in [0.2, 0.25) is 0 Å². The first-order valence-electron chi connectivity index (χ1n) is 5.13. The maximum atomic E-state index is 11.4. The SMILES string of the molecule is CN(C)C(=O)COC(=O)Cc1ccccc1O. The van der Waals surface area contributed by atoms with E-state index in [9.17, 15) is 14.7 Å². The molecule has 0 aromatic heterocycles. The summed E-state index contributed by atoms with van der Waals surface area (Å²) in [5, 5.41) is 9.44. The zero-order valence-electron chi connectivity index (χ0n) is 9.84. The minimum atomic E-state index is -0.540. The van der Waals surface area contributed by atoms with E-state index in [1.807, 2.05) is 0 Å². The quantitative estimate of drug-likeness (QED) is 0.777. The smallest absolute Gasteiger partial charge is 0.310 e. The molecule has 5 nitrogen and oxygen atoms in total. The number of likely N-dealkylation sites (N-methyl/N-ethyl adjacent to an activating group) is 1. The Hall–Kier alpha value is -2.04. The highest BCUT2D eigenvalue weighted by Gasteiger charge is 2.11. The summed E-state index contributed by atoms with van der Waals surface area (Å²) >= 11 is 0. The van der Waals surface area contributed by atoms with Gasteiger partial charge in [-0.05, 0) is 6.07 Å². The van der Waals surface area contributed by atoms with Gasteiger partial charge < -0.3 is 14.7 Å². The molecule has 1 aromatic rings. The van der Waals surface area contributed by atoms with E-state index < -0.39 is 5.97 Å². The van der Waals surface area contributed by atoms with Crippen molar-refractivity contribution in [3.8, 4) is 5.75 Å². The lowest BCUT2D eigenvalue weighted by Crippen LogP contribution is -2.27. The lowest BCUT2D eigenvalue weighted by molar-refractivity contribution is -0.150. The van der Waals surface area contributed by atoms with E-state index >= 15 is 0 Å². The lowest BCUT2D eigenvalue weighted by Gasteiger charge is -2.10. The van der Waals surface area contributed by atoms with Crippen molar-refractivity contribution in [1.82, 2.24) is 4.90 Å². The predicted octanol–water partition coefficient (Wildman–Crippen LogP) is 0.566. The number of para-hydroxylation sites is 1. The van der Waals surface area contributed by atoms with Crippen molar-refractivity contribution in [2.45, 2.75) is 6.42 Å². The molecule has 5 heteroatoms. The molecule has 0 atom stereocenters. The van der Waals surface area contributed by atoms with Gasteiger partial charge in [-0.1, -0.05) is 18.2 Å². The molecule has 1 amide bonds. The number of esters is 1. The molecule has 0 radical (unpaired) electrons. The highest BCUT2D eigenvalue weighted by Crippen LogP contribution is 2.16. The van der Waals surface area contributed by atoms with Gasteiger partial charge in [0.05, 0.1) is 6.42 Å². The third-order valence-corrected chi connectivity index (χ3v) is 2.18. The van der Waals surface area contributed by atoms with Crippen molar-refractivity contribution in [2.24, 2.45) is 0 Å². The Bertz CT molecular complexity index is 415. The van der Waals surface area contributed by atoms with E-state index in [0.717, 1.165) is 0 Å². The average molecular weight is 237 g/mol. The number of phenols is 1. The molecule has 0 saturated carbocycles. The van der Waals surface area contributed by atoms with Crippen LogP contribution in [0.25, 0.3) is 0 Å². The molecule has 0 saturated heterocycles. The largest absolute Gasteiger partial charge is 0.508 e. The van der Waals surface area contributed by atoms with Gasteiger partial charge in [-0.2, -0.15) is 0 Å². The summed E-state index contributed by atoms with van der Waals surface area (Å²) in [7, 11) is 3.17. The molecule has 0 aliphatic rings. The van der Waals surface area contributed by atoms with E-state index in [1.165, 1.54) is 11.0 Å². The van der Waals surface area contributed by atoms with Crippen LogP contribution >= 0.6 is 0 Å². The van der Waals surface area contributed by atoms with Crippen molar-refractivity contribution in [2.75, 3.05) is 20.7 Å². The Kier molecular flexibility index (Phi) is 4.51. The van der Waals surface area contributed by atoms with Gasteiger partial charge >= 0.3 is 5.97 Å². The maximum absolute atomic E-state index is 11.4. The predicted molar refractivity (Wildman–Crippen MR) is 61.5 cm³/mol. The van der Waals surface area contributed by atoms with E-state index in [1.54, 1.807) is 32.3 Å². The van der Waals surface area contributed by atoms with E-state index in [-0.39, 0.29) is 24.7 Å². The Balaban J connectivity index is 2.46. The van der Waals surface area contributed by atoms with Crippen molar-refractivity contribution < 1.29 is 19.4 Å². The van der Waals surface area contributed by atoms with Crippen molar-refractivity contribution in [1.29, 1.82) is 0 Å². The summed E-state index contributed by atoms with van der Waals surface area (Å²) in [6, 6.07) is 6.50. The highest BCUT2D eigenvalue weighted by atomic mass is 16.5. The van der Waals surface area contributed by atoms with Gasteiger partial charge in [-0.3, -0.25) is 9.59 Å². The lowest BCUT2D eigenvalue weighted by atomic mass is 10.1. The molecular weight excluding hydrogens is 222 g/mol. The molecule has 0 fully saturated rings. The standard InChI is InChI=1S/C12H15NO4/c1-13(2)11(15)8-17-12(16)7-9-5-3-4-6-10(9)14/h3-6,14H,7-8H2,1-2H3. The molecule has 92 valence electrons. The Labute approximate surface area is 99.6 Å². The van der Waals surface area contributed by atoms with Crippen molar-refractivity contribution in [3.63, 3.8) is 0 Å². The molecule has 0 aliphatic heterocycles. The average Bonchev–Trinajstić information content (AvgIpc) is 2.29. The van der Waals surface area contributed by atoms with Crippen LogP contribution in [0.3, 0.4) is 0 Å². The normalized spacial score (nSPS) is 9.76. The molecule has 0 heterocycles. The van der Waals surface area contributed by atoms with Crippen molar-refractivity contribution >= 4 is 11.9 Å². The summed E-state index contributed by atoms with van der Waals surface area (Å²) < 4.78 is 4.78. The maximum Gasteiger partial charge on any atom is 0.310 e. The summed E-state index contributed by atoms with van der Waals surface area (Å²) in [5.41, 5.74) is 0.481. The minimum absolute atomic E-state index is 0.0448. The number of nitrogens with zero attached hydrogens (tertiary/aromatic N) is 1. The van der Waals surface area contributed by atoms with Crippen LogP contribution in [-0.2, 0) is 20.7 Å². The number of aromatic hydroxyl groups is 1. The molecule has 1 N–H and O–H groups in total. The molecule has 0 bridgehead atoms. The van der Waals surface area contributed by atoms with Crippen LogP contribution in [0, 0.1) is 0 Å². The second-order valence-corrected chi connectivity index (χ2v) is 3.75. The van der Waals surface area contributed by atoms with Gasteiger partial charge in [-0.25, -0.2) is 0 Å². The second-order valence-electron chi connectivity index (χ2n) is 3.75. The number of amides is 1. The third-order valence-electron chi connectivity index (χ3n) is 2.18. The number of ether oxygens (including phenoxy) is 1. The topological polar surface area (TPSA) is 66.8 Å². The molecular formula is C12H15NO4. The van der Waals surface area contributed by atoms with E-state index in [4.69, 9.17) is 4.74 Å². The number of hydrogen-bond donors (Lipinski definition) is 1. The monoisotopic (exact) mass is 237 g/mol. The van der Waals surface area contributed by atoms with Crippen LogP contribution in [0.15, 0.2) is 24.3 Å². The van der Waals surface area contributed by atoms with Gasteiger partial charge in [0.1, 0.15) is 5.75 Å². The summed E-state index contributed by atoms with van der Waals surface area (Å²) in [5.74, 6) is -0.777. The highest BCUT2D eigenvalue weighted by molar-refractivity contribution is 5.81. The van der Waals surface area contributed by atoms with Gasteiger partial charge in [0, 0.05) is 19.7 Å². The van der Waals surface area contributed by atoms with Crippen LogP contribution in [0.1, 0.15) is 5.56 Å². The van der Waals surface area contributed by atoms with Crippen LogP contribution in [0.5, 0.6) is 5.75 Å². The number of carbonyl (C=O) groups is 2. The number of benzene rings is 1. The fourth-order valence-corrected chi connectivity index (χ4v) is 1.14. The Morgan fingerprint density at radius 3 is 2.53 bits per heavy atom. The van der Waals surface area contributed by atoms with Crippen molar-refractivity contribution in [3.05, 3.63) is 29.8 Å². The zero-order valence-corrected chi connectivity index (χ0v) is 9.84. The first-order chi connectivity index (χ1) is 8.00. The minimum Gasteiger partial charge on any atom is -0.508 e. The molecule has 1 aromatic carbocycles. The van der Waals surface area contributed by atoms with Gasteiger partial charge in [0.15, 0.2) is 6.61 Å². The zero-order chi connectivity index (χ0) is 12.8. The molecule has 17 heavy (non-hydrogen) atoms. The van der Waals surface area contributed by atoms with Crippen LogP contribution in [-0.4, -0.2) is 42.6 Å². The molecule has 0 spiro atoms. The first-order valence-corrected chi connectivity index (χ1v) is 5.13. The summed E-state index contributed by atoms with van der Waals surface area (Å²) in [6.45, 7) is -0.278. The van der Waals surface area contributed by atoms with Gasteiger partial charge in [0.25, 0.3) is 5.91 Å². The number of hydrogen-bond acceptors (Lipinski definition) is 4. The number of carbonyl (C=O) groups excluding carboxylic acids is 2.